The van der Waals surface area contributed by atoms with Crippen molar-refractivity contribution in [1.82, 2.24) is 14.5 Å². The molecule has 4 rings (SSSR count). The first-order chi connectivity index (χ1) is 16.8. The zero-order valence-electron chi connectivity index (χ0n) is 20.5. The van der Waals surface area contributed by atoms with E-state index < -0.39 is 6.04 Å². The average Bonchev–Trinajstić information content (AvgIpc) is 2.84. The van der Waals surface area contributed by atoms with Crippen LogP contribution < -0.4 is 5.56 Å². The molecule has 1 aromatic heterocycles. The maximum absolute atomic E-state index is 13.8. The van der Waals surface area contributed by atoms with Crippen LogP contribution in [0.1, 0.15) is 55.0 Å². The molecule has 0 aliphatic heterocycles. The number of carbonyl (C=O) groups is 1. The molecule has 1 unspecified atom stereocenters. The summed E-state index contributed by atoms with van der Waals surface area (Å²) in [5.74, 6) is 0.734. The summed E-state index contributed by atoms with van der Waals surface area (Å²) in [4.78, 5) is 34.2. The molecular weight excluding hydrogens is 458 g/mol. The van der Waals surface area contributed by atoms with Crippen molar-refractivity contribution in [3.63, 3.8) is 0 Å². The van der Waals surface area contributed by atoms with Gasteiger partial charge in [0.15, 0.2) is 0 Å². The van der Waals surface area contributed by atoms with Crippen LogP contribution in [0, 0.1) is 12.8 Å². The fourth-order valence-corrected chi connectivity index (χ4v) is 4.46. The summed E-state index contributed by atoms with van der Waals surface area (Å²) in [6.07, 6.45) is 0.808. The zero-order chi connectivity index (χ0) is 25.1. The molecule has 0 saturated heterocycles. The lowest BCUT2D eigenvalue weighted by atomic mass is 10.1. The second-order valence-electron chi connectivity index (χ2n) is 9.30. The second-order valence-corrected chi connectivity index (χ2v) is 9.71. The number of amides is 1. The maximum Gasteiger partial charge on any atom is 0.266 e. The number of halogens is 1. The van der Waals surface area contributed by atoms with Crippen molar-refractivity contribution in [2.24, 2.45) is 5.92 Å². The van der Waals surface area contributed by atoms with E-state index in [1.165, 1.54) is 0 Å². The fourth-order valence-electron chi connectivity index (χ4n) is 4.24. The smallest absolute Gasteiger partial charge is 0.266 e. The van der Waals surface area contributed by atoms with E-state index in [0.29, 0.717) is 39.8 Å². The van der Waals surface area contributed by atoms with Crippen LogP contribution >= 0.6 is 11.6 Å². The van der Waals surface area contributed by atoms with Gasteiger partial charge in [-0.3, -0.25) is 14.2 Å². The van der Waals surface area contributed by atoms with Crippen LogP contribution in [0.4, 0.5) is 0 Å². The van der Waals surface area contributed by atoms with E-state index in [4.69, 9.17) is 16.6 Å². The predicted octanol–water partition coefficient (Wildman–Crippen LogP) is 6.60. The molecule has 1 amide bonds. The maximum atomic E-state index is 13.8. The number of carbonyl (C=O) groups excluding carboxylic acids is 1. The van der Waals surface area contributed by atoms with Crippen LogP contribution in [0.2, 0.25) is 5.02 Å². The molecule has 4 aromatic rings. The first-order valence-corrected chi connectivity index (χ1v) is 12.3. The Morgan fingerprint density at radius 3 is 2.43 bits per heavy atom. The largest absolute Gasteiger partial charge is 0.329 e. The molecule has 1 heterocycles. The van der Waals surface area contributed by atoms with E-state index in [2.05, 4.69) is 13.8 Å². The summed E-state index contributed by atoms with van der Waals surface area (Å²) in [7, 11) is 0. The zero-order valence-corrected chi connectivity index (χ0v) is 21.3. The first-order valence-electron chi connectivity index (χ1n) is 11.9. The molecule has 0 N–H and O–H groups in total. The number of rotatable bonds is 7. The highest BCUT2D eigenvalue weighted by Gasteiger charge is 2.28. The molecule has 0 bridgehead atoms. The van der Waals surface area contributed by atoms with Gasteiger partial charge in [0.05, 0.1) is 33.2 Å². The highest BCUT2D eigenvalue weighted by Crippen LogP contribution is 2.27. The second kappa shape index (κ2) is 10.4. The molecule has 6 heteroatoms. The molecule has 180 valence electrons. The van der Waals surface area contributed by atoms with E-state index in [9.17, 15) is 9.59 Å². The normalized spacial score (nSPS) is 12.2. The van der Waals surface area contributed by atoms with Crippen LogP contribution in [0.3, 0.4) is 0 Å². The Hall–Kier alpha value is -3.44. The average molecular weight is 488 g/mol. The molecule has 3 aromatic carbocycles. The summed E-state index contributed by atoms with van der Waals surface area (Å²) in [5.41, 5.74) is 2.65. The van der Waals surface area contributed by atoms with Gasteiger partial charge in [0.1, 0.15) is 5.82 Å². The Morgan fingerprint density at radius 2 is 1.71 bits per heavy atom. The molecular formula is C29H30ClN3O2. The number of aryl methyl sites for hydroxylation is 1. The van der Waals surface area contributed by atoms with Gasteiger partial charge in [0, 0.05) is 6.54 Å². The van der Waals surface area contributed by atoms with Gasteiger partial charge in [-0.25, -0.2) is 4.98 Å². The Kier molecular flexibility index (Phi) is 7.37. The van der Waals surface area contributed by atoms with E-state index >= 15 is 0 Å². The Bertz CT molecular complexity index is 1430. The van der Waals surface area contributed by atoms with Crippen molar-refractivity contribution in [3.05, 3.63) is 105 Å². The van der Waals surface area contributed by atoms with Gasteiger partial charge in [0.2, 0.25) is 0 Å². The molecule has 0 aliphatic rings. The van der Waals surface area contributed by atoms with Crippen molar-refractivity contribution in [2.75, 3.05) is 6.54 Å². The summed E-state index contributed by atoms with van der Waals surface area (Å²) in [5, 5.41) is 0.943. The molecule has 35 heavy (non-hydrogen) atoms. The van der Waals surface area contributed by atoms with Crippen molar-refractivity contribution in [3.8, 4) is 5.69 Å². The minimum atomic E-state index is -0.477. The number of nitrogens with zero attached hydrogens (tertiary/aromatic N) is 3. The van der Waals surface area contributed by atoms with Gasteiger partial charge in [-0.2, -0.15) is 0 Å². The summed E-state index contributed by atoms with van der Waals surface area (Å²) in [6, 6.07) is 21.7. The highest BCUT2D eigenvalue weighted by atomic mass is 35.5. The fraction of sp³-hybridized carbons (Fsp3) is 0.276. The van der Waals surface area contributed by atoms with Crippen LogP contribution in [-0.4, -0.2) is 26.9 Å². The highest BCUT2D eigenvalue weighted by molar-refractivity contribution is 6.33. The third kappa shape index (κ3) is 5.15. The minimum Gasteiger partial charge on any atom is -0.329 e. The number of hydrogen-bond donors (Lipinski definition) is 0. The number of aromatic nitrogens is 2. The minimum absolute atomic E-state index is 0.156. The van der Waals surface area contributed by atoms with Gasteiger partial charge in [-0.05, 0) is 68.1 Å². The van der Waals surface area contributed by atoms with E-state index in [1.807, 2.05) is 56.3 Å². The van der Waals surface area contributed by atoms with Crippen LogP contribution in [0.25, 0.3) is 16.6 Å². The predicted molar refractivity (Wildman–Crippen MR) is 142 cm³/mol. The van der Waals surface area contributed by atoms with E-state index in [1.54, 1.807) is 39.8 Å². The molecule has 5 nitrogen and oxygen atoms in total. The molecule has 0 fully saturated rings. The van der Waals surface area contributed by atoms with Crippen molar-refractivity contribution in [1.29, 1.82) is 0 Å². The Labute approximate surface area is 211 Å². The van der Waals surface area contributed by atoms with Crippen molar-refractivity contribution < 1.29 is 4.79 Å². The summed E-state index contributed by atoms with van der Waals surface area (Å²) < 4.78 is 1.64. The lowest BCUT2D eigenvalue weighted by Crippen LogP contribution is -2.38. The Balaban J connectivity index is 1.92. The molecule has 0 radical (unpaired) electrons. The Morgan fingerprint density at radius 1 is 1.00 bits per heavy atom. The number of hydrogen-bond acceptors (Lipinski definition) is 3. The third-order valence-corrected chi connectivity index (χ3v) is 6.54. The van der Waals surface area contributed by atoms with Gasteiger partial charge >= 0.3 is 0 Å². The van der Waals surface area contributed by atoms with Crippen LogP contribution in [0.5, 0.6) is 0 Å². The SMILES string of the molecule is Cc1cccc(-n2c(C(C)N(CCC(C)C)C(=O)c3ccccc3Cl)nc3ccccc3c2=O)c1. The molecule has 0 spiro atoms. The van der Waals surface area contributed by atoms with Crippen LogP contribution in [0.15, 0.2) is 77.6 Å². The van der Waals surface area contributed by atoms with Gasteiger partial charge < -0.3 is 4.90 Å². The topological polar surface area (TPSA) is 55.2 Å². The van der Waals surface area contributed by atoms with Crippen molar-refractivity contribution >= 4 is 28.4 Å². The standard InChI is InChI=1S/C29H30ClN3O2/c1-19(2)16-17-32(28(34)23-12-5-7-14-25(23)30)21(4)27-31-26-15-8-6-13-24(26)29(35)33(27)22-11-9-10-20(3)18-22/h5-15,18-19,21H,16-17H2,1-4H3. The first kappa shape index (κ1) is 24.7. The van der Waals surface area contributed by atoms with E-state index in [-0.39, 0.29) is 11.5 Å². The summed E-state index contributed by atoms with van der Waals surface area (Å²) >= 11 is 6.41. The number of benzene rings is 3. The molecule has 1 atom stereocenters. The lowest BCUT2D eigenvalue weighted by molar-refractivity contribution is 0.0671. The quantitative estimate of drug-likeness (QED) is 0.295. The van der Waals surface area contributed by atoms with Crippen molar-refractivity contribution in [2.45, 2.75) is 40.2 Å². The molecule has 0 saturated carbocycles. The summed E-state index contributed by atoms with van der Waals surface area (Å²) in [6.45, 7) is 8.68. The third-order valence-electron chi connectivity index (χ3n) is 6.22. The number of fused-ring (bicyclic) bond motifs is 1. The van der Waals surface area contributed by atoms with Crippen LogP contribution in [-0.2, 0) is 0 Å². The van der Waals surface area contributed by atoms with Gasteiger partial charge in [-0.1, -0.05) is 61.8 Å². The van der Waals surface area contributed by atoms with Gasteiger partial charge in [-0.15, -0.1) is 0 Å². The monoisotopic (exact) mass is 487 g/mol. The lowest BCUT2D eigenvalue weighted by Gasteiger charge is -2.31. The molecule has 0 aliphatic carbocycles. The number of para-hydroxylation sites is 1. The van der Waals surface area contributed by atoms with E-state index in [0.717, 1.165) is 17.7 Å². The van der Waals surface area contributed by atoms with Gasteiger partial charge in [0.25, 0.3) is 11.5 Å².